The third-order valence-corrected chi connectivity index (χ3v) is 3.20. The molecule has 100 valence electrons. The summed E-state index contributed by atoms with van der Waals surface area (Å²) in [6.45, 7) is 7.47. The van der Waals surface area contributed by atoms with E-state index in [0.29, 0.717) is 11.8 Å². The lowest BCUT2D eigenvalue weighted by atomic mass is 10.1. The second-order valence-corrected chi connectivity index (χ2v) is 5.40. The zero-order valence-corrected chi connectivity index (χ0v) is 11.4. The van der Waals surface area contributed by atoms with Crippen molar-refractivity contribution in [3.8, 4) is 5.88 Å². The molecule has 0 amide bonds. The van der Waals surface area contributed by atoms with Crippen LogP contribution in [-0.2, 0) is 0 Å². The molecule has 1 aromatic rings. The molecule has 0 unspecified atom stereocenters. The predicted molar refractivity (Wildman–Crippen MR) is 71.7 cm³/mol. The van der Waals surface area contributed by atoms with Gasteiger partial charge in [-0.1, -0.05) is 0 Å². The smallest absolute Gasteiger partial charge is 0.226 e. The van der Waals surface area contributed by atoms with Crippen LogP contribution in [0.3, 0.4) is 0 Å². The number of nitrogens with two attached hydrogens (primary N) is 1. The van der Waals surface area contributed by atoms with Gasteiger partial charge in [-0.25, -0.2) is 4.98 Å². The quantitative estimate of drug-likeness (QED) is 0.804. The van der Waals surface area contributed by atoms with Crippen molar-refractivity contribution >= 4 is 5.95 Å². The molecule has 1 aliphatic rings. The summed E-state index contributed by atoms with van der Waals surface area (Å²) in [5.74, 6) is 1.25. The summed E-state index contributed by atoms with van der Waals surface area (Å²) >= 11 is 0. The van der Waals surface area contributed by atoms with Gasteiger partial charge in [0.05, 0.1) is 6.10 Å². The van der Waals surface area contributed by atoms with Gasteiger partial charge in [0.2, 0.25) is 11.8 Å². The summed E-state index contributed by atoms with van der Waals surface area (Å²) < 4.78 is 5.59. The van der Waals surface area contributed by atoms with Crippen LogP contribution in [0.25, 0.3) is 0 Å². The van der Waals surface area contributed by atoms with Crippen molar-refractivity contribution < 1.29 is 4.74 Å². The number of anilines is 1. The Hall–Kier alpha value is -1.36. The first kappa shape index (κ1) is 13.1. The summed E-state index contributed by atoms with van der Waals surface area (Å²) in [7, 11) is 0. The minimum absolute atomic E-state index is 0.117. The molecule has 0 radical (unpaired) electrons. The van der Waals surface area contributed by atoms with E-state index in [1.54, 1.807) is 0 Å². The lowest BCUT2D eigenvalue weighted by Crippen LogP contribution is -2.25. The highest BCUT2D eigenvalue weighted by Gasteiger charge is 2.40. The van der Waals surface area contributed by atoms with E-state index >= 15 is 0 Å². The van der Waals surface area contributed by atoms with Crippen molar-refractivity contribution in [3.05, 3.63) is 11.8 Å². The summed E-state index contributed by atoms with van der Waals surface area (Å²) in [4.78, 5) is 8.72. The Balaban J connectivity index is 2.01. The van der Waals surface area contributed by atoms with Crippen LogP contribution in [0.2, 0.25) is 0 Å². The Labute approximate surface area is 108 Å². The van der Waals surface area contributed by atoms with Gasteiger partial charge >= 0.3 is 0 Å². The largest absolute Gasteiger partial charge is 0.475 e. The molecule has 1 saturated carbocycles. The molecule has 5 nitrogen and oxygen atoms in total. The van der Waals surface area contributed by atoms with Gasteiger partial charge in [0.1, 0.15) is 0 Å². The van der Waals surface area contributed by atoms with Crippen LogP contribution in [0.5, 0.6) is 5.88 Å². The molecule has 18 heavy (non-hydrogen) atoms. The standard InChI is InChI=1S/C13H22N4O/c1-9(2)18-11-6-10(3)16-12(17-11)15-8-13(7-14)4-5-13/h6,9H,4-5,7-8,14H2,1-3H3,(H,15,16,17). The highest BCUT2D eigenvalue weighted by Crippen LogP contribution is 2.44. The van der Waals surface area contributed by atoms with E-state index in [9.17, 15) is 0 Å². The van der Waals surface area contributed by atoms with Crippen molar-refractivity contribution in [2.45, 2.75) is 39.7 Å². The molecule has 1 aromatic heterocycles. The van der Waals surface area contributed by atoms with E-state index in [4.69, 9.17) is 10.5 Å². The lowest BCUT2D eigenvalue weighted by Gasteiger charge is -2.15. The molecular weight excluding hydrogens is 228 g/mol. The molecule has 3 N–H and O–H groups in total. The molecule has 0 aliphatic heterocycles. The van der Waals surface area contributed by atoms with Gasteiger partial charge in [-0.2, -0.15) is 4.98 Å². The van der Waals surface area contributed by atoms with Crippen molar-refractivity contribution in [1.29, 1.82) is 0 Å². The topological polar surface area (TPSA) is 73.1 Å². The molecule has 1 heterocycles. The number of aromatic nitrogens is 2. The number of ether oxygens (including phenoxy) is 1. The predicted octanol–water partition coefficient (Wildman–Crippen LogP) is 1.72. The van der Waals surface area contributed by atoms with Gasteiger partial charge in [-0.05, 0) is 45.6 Å². The maximum Gasteiger partial charge on any atom is 0.226 e. The number of nitrogens with zero attached hydrogens (tertiary/aromatic N) is 2. The molecule has 5 heteroatoms. The van der Waals surface area contributed by atoms with Crippen LogP contribution in [-0.4, -0.2) is 29.2 Å². The average molecular weight is 250 g/mol. The molecule has 0 atom stereocenters. The number of aryl methyl sites for hydroxylation is 1. The van der Waals surface area contributed by atoms with Crippen LogP contribution in [0.1, 0.15) is 32.4 Å². The summed E-state index contributed by atoms with van der Waals surface area (Å²) in [6.07, 6.45) is 2.50. The van der Waals surface area contributed by atoms with E-state index in [1.807, 2.05) is 26.8 Å². The van der Waals surface area contributed by atoms with Crippen LogP contribution in [0.15, 0.2) is 6.07 Å². The highest BCUT2D eigenvalue weighted by molar-refractivity contribution is 5.31. The maximum absolute atomic E-state index is 5.75. The Morgan fingerprint density at radius 2 is 2.17 bits per heavy atom. The Morgan fingerprint density at radius 1 is 1.44 bits per heavy atom. The van der Waals surface area contributed by atoms with Gasteiger partial charge in [0.25, 0.3) is 0 Å². The molecular formula is C13H22N4O. The second-order valence-electron chi connectivity index (χ2n) is 5.40. The van der Waals surface area contributed by atoms with Gasteiger partial charge in [-0.15, -0.1) is 0 Å². The van der Waals surface area contributed by atoms with Crippen LogP contribution in [0.4, 0.5) is 5.95 Å². The number of hydrogen-bond acceptors (Lipinski definition) is 5. The minimum Gasteiger partial charge on any atom is -0.475 e. The Kier molecular flexibility index (Phi) is 3.71. The van der Waals surface area contributed by atoms with Gasteiger partial charge in [0, 0.05) is 18.3 Å². The van der Waals surface area contributed by atoms with Crippen molar-refractivity contribution in [2.24, 2.45) is 11.1 Å². The van der Waals surface area contributed by atoms with Crippen LogP contribution >= 0.6 is 0 Å². The minimum atomic E-state index is 0.117. The monoisotopic (exact) mass is 250 g/mol. The van der Waals surface area contributed by atoms with Crippen molar-refractivity contribution in [3.63, 3.8) is 0 Å². The fourth-order valence-corrected chi connectivity index (χ4v) is 1.82. The normalized spacial score (nSPS) is 16.7. The Morgan fingerprint density at radius 3 is 2.72 bits per heavy atom. The molecule has 1 aliphatic carbocycles. The SMILES string of the molecule is Cc1cc(OC(C)C)nc(NCC2(CN)CC2)n1. The van der Waals surface area contributed by atoms with Crippen LogP contribution in [0, 0.1) is 12.3 Å². The van der Waals surface area contributed by atoms with E-state index in [0.717, 1.165) is 18.8 Å². The summed E-state index contributed by atoms with van der Waals surface area (Å²) in [6, 6.07) is 1.85. The fraction of sp³-hybridized carbons (Fsp3) is 0.692. The van der Waals surface area contributed by atoms with Gasteiger partial charge in [-0.3, -0.25) is 0 Å². The first-order valence-corrected chi connectivity index (χ1v) is 6.49. The van der Waals surface area contributed by atoms with E-state index in [1.165, 1.54) is 12.8 Å². The first-order chi connectivity index (χ1) is 8.53. The molecule has 0 spiro atoms. The second kappa shape index (κ2) is 5.10. The Bertz CT molecular complexity index is 415. The third kappa shape index (κ3) is 3.32. The van der Waals surface area contributed by atoms with Crippen molar-refractivity contribution in [1.82, 2.24) is 9.97 Å². The van der Waals surface area contributed by atoms with Crippen LogP contribution < -0.4 is 15.8 Å². The third-order valence-electron chi connectivity index (χ3n) is 3.20. The summed E-state index contributed by atoms with van der Waals surface area (Å²) in [5, 5.41) is 3.27. The molecule has 0 aromatic carbocycles. The number of nitrogens with one attached hydrogen (secondary N) is 1. The molecule has 1 fully saturated rings. The maximum atomic E-state index is 5.75. The molecule has 2 rings (SSSR count). The highest BCUT2D eigenvalue weighted by atomic mass is 16.5. The zero-order chi connectivity index (χ0) is 13.2. The van der Waals surface area contributed by atoms with E-state index < -0.39 is 0 Å². The van der Waals surface area contributed by atoms with Gasteiger partial charge < -0.3 is 15.8 Å². The molecule has 0 saturated heterocycles. The summed E-state index contributed by atoms with van der Waals surface area (Å²) in [5.41, 5.74) is 6.93. The van der Waals surface area contributed by atoms with E-state index in [-0.39, 0.29) is 11.5 Å². The van der Waals surface area contributed by atoms with Gasteiger partial charge in [0.15, 0.2) is 0 Å². The molecule has 0 bridgehead atoms. The lowest BCUT2D eigenvalue weighted by molar-refractivity contribution is 0.232. The first-order valence-electron chi connectivity index (χ1n) is 6.49. The van der Waals surface area contributed by atoms with E-state index in [2.05, 4.69) is 15.3 Å². The average Bonchev–Trinajstić information content (AvgIpc) is 3.05. The fourth-order valence-electron chi connectivity index (χ4n) is 1.82. The number of rotatable bonds is 6. The number of hydrogen-bond donors (Lipinski definition) is 2. The van der Waals surface area contributed by atoms with Crippen molar-refractivity contribution in [2.75, 3.05) is 18.4 Å². The zero-order valence-electron chi connectivity index (χ0n) is 11.4.